The van der Waals surface area contributed by atoms with Crippen molar-refractivity contribution in [3.8, 4) is 0 Å². The first-order valence-electron chi connectivity index (χ1n) is 9.58. The van der Waals surface area contributed by atoms with E-state index in [4.69, 9.17) is 4.74 Å². The van der Waals surface area contributed by atoms with Gasteiger partial charge in [0.2, 0.25) is 0 Å². The second kappa shape index (κ2) is 9.34. The summed E-state index contributed by atoms with van der Waals surface area (Å²) >= 11 is 0. The van der Waals surface area contributed by atoms with Gasteiger partial charge in [0.15, 0.2) is 0 Å². The van der Waals surface area contributed by atoms with Crippen molar-refractivity contribution in [2.75, 3.05) is 43.7 Å². The van der Waals surface area contributed by atoms with Crippen molar-refractivity contribution in [3.63, 3.8) is 0 Å². The molecule has 0 aromatic heterocycles. The van der Waals surface area contributed by atoms with E-state index in [2.05, 4.69) is 4.90 Å². The molecule has 1 aliphatic heterocycles. The van der Waals surface area contributed by atoms with E-state index in [0.717, 1.165) is 13.1 Å². The normalized spacial score (nSPS) is 15.2. The van der Waals surface area contributed by atoms with Crippen LogP contribution in [-0.4, -0.2) is 57.6 Å². The number of hydrogen-bond acceptors (Lipinski definition) is 6. The van der Waals surface area contributed by atoms with Crippen LogP contribution in [0.3, 0.4) is 0 Å². The smallest absolute Gasteiger partial charge is 0.270 e. The Morgan fingerprint density at radius 1 is 1.14 bits per heavy atom. The van der Waals surface area contributed by atoms with Gasteiger partial charge < -0.3 is 4.74 Å². The van der Waals surface area contributed by atoms with E-state index in [-0.39, 0.29) is 17.1 Å². The molecule has 2 aromatic carbocycles. The van der Waals surface area contributed by atoms with E-state index in [0.29, 0.717) is 37.4 Å². The lowest BCUT2D eigenvalue weighted by molar-refractivity contribution is -0.385. The molecule has 0 bridgehead atoms. The zero-order valence-corrected chi connectivity index (χ0v) is 17.2. The fourth-order valence-electron chi connectivity index (χ4n) is 3.35. The van der Waals surface area contributed by atoms with E-state index in [1.807, 2.05) is 13.0 Å². The van der Waals surface area contributed by atoms with Crippen LogP contribution >= 0.6 is 0 Å². The van der Waals surface area contributed by atoms with Crippen molar-refractivity contribution in [1.29, 1.82) is 0 Å². The number of benzene rings is 2. The number of sulfonamides is 1. The lowest BCUT2D eigenvalue weighted by atomic mass is 10.1. The zero-order valence-electron chi connectivity index (χ0n) is 16.4. The van der Waals surface area contributed by atoms with Crippen molar-refractivity contribution < 1.29 is 18.1 Å². The number of non-ortho nitro benzene ring substituents is 1. The predicted octanol–water partition coefficient (Wildman–Crippen LogP) is 2.68. The molecule has 1 heterocycles. The molecular formula is C20H25N3O5S. The predicted molar refractivity (Wildman–Crippen MR) is 111 cm³/mol. The number of nitro benzene ring substituents is 1. The summed E-state index contributed by atoms with van der Waals surface area (Å²) in [6, 6.07) is 12.9. The highest BCUT2D eigenvalue weighted by Crippen LogP contribution is 2.29. The summed E-state index contributed by atoms with van der Waals surface area (Å²) in [7, 11) is -3.98. The molecule has 0 unspecified atom stereocenters. The van der Waals surface area contributed by atoms with Gasteiger partial charge in [-0.1, -0.05) is 31.2 Å². The maximum atomic E-state index is 13.6. The molecule has 1 saturated heterocycles. The number of rotatable bonds is 8. The third-order valence-corrected chi connectivity index (χ3v) is 6.89. The Morgan fingerprint density at radius 3 is 2.45 bits per heavy atom. The van der Waals surface area contributed by atoms with Crippen LogP contribution in [0.15, 0.2) is 53.4 Å². The Kier molecular flexibility index (Phi) is 6.83. The van der Waals surface area contributed by atoms with Gasteiger partial charge in [-0.2, -0.15) is 0 Å². The maximum Gasteiger partial charge on any atom is 0.270 e. The van der Waals surface area contributed by atoms with Crippen molar-refractivity contribution in [2.24, 2.45) is 0 Å². The molecule has 29 heavy (non-hydrogen) atoms. The first-order chi connectivity index (χ1) is 13.9. The van der Waals surface area contributed by atoms with Crippen LogP contribution in [0.4, 0.5) is 11.4 Å². The van der Waals surface area contributed by atoms with Crippen LogP contribution in [-0.2, 0) is 21.2 Å². The number of aryl methyl sites for hydroxylation is 1. The minimum atomic E-state index is -3.98. The zero-order chi connectivity index (χ0) is 20.9. The Hall–Kier alpha value is -2.49. The van der Waals surface area contributed by atoms with Crippen molar-refractivity contribution in [2.45, 2.75) is 18.2 Å². The highest BCUT2D eigenvalue weighted by molar-refractivity contribution is 7.92. The number of para-hydroxylation sites is 1. The maximum absolute atomic E-state index is 13.6. The van der Waals surface area contributed by atoms with Crippen molar-refractivity contribution in [1.82, 2.24) is 4.90 Å². The molecule has 9 heteroatoms. The Balaban J connectivity index is 1.99. The van der Waals surface area contributed by atoms with Crippen LogP contribution in [0.5, 0.6) is 0 Å². The summed E-state index contributed by atoms with van der Waals surface area (Å²) in [5.41, 5.74) is 0.860. The Bertz CT molecular complexity index is 944. The summed E-state index contributed by atoms with van der Waals surface area (Å²) in [6.07, 6.45) is 0.457. The molecule has 3 rings (SSSR count). The lowest BCUT2D eigenvalue weighted by Crippen LogP contribution is -2.43. The monoisotopic (exact) mass is 419 g/mol. The van der Waals surface area contributed by atoms with E-state index < -0.39 is 14.9 Å². The molecule has 0 radical (unpaired) electrons. The first kappa shape index (κ1) is 21.2. The molecule has 8 nitrogen and oxygen atoms in total. The SMILES string of the molecule is CCc1ccc([N+](=O)[O-])cc1S(=O)(=O)N(CCN1CCOCC1)c1ccccc1. The largest absolute Gasteiger partial charge is 0.379 e. The highest BCUT2D eigenvalue weighted by atomic mass is 32.2. The molecule has 0 spiro atoms. The summed E-state index contributed by atoms with van der Waals surface area (Å²) in [5, 5.41) is 11.2. The molecule has 0 saturated carbocycles. The van der Waals surface area contributed by atoms with Gasteiger partial charge >= 0.3 is 0 Å². The van der Waals surface area contributed by atoms with Gasteiger partial charge in [-0.05, 0) is 24.1 Å². The van der Waals surface area contributed by atoms with Crippen LogP contribution in [0.1, 0.15) is 12.5 Å². The second-order valence-corrected chi connectivity index (χ2v) is 8.60. The Morgan fingerprint density at radius 2 is 1.83 bits per heavy atom. The van der Waals surface area contributed by atoms with E-state index in [1.165, 1.54) is 22.5 Å². The summed E-state index contributed by atoms with van der Waals surface area (Å²) in [6.45, 7) is 5.39. The van der Waals surface area contributed by atoms with Gasteiger partial charge in [-0.3, -0.25) is 19.3 Å². The molecule has 0 aliphatic carbocycles. The average Bonchev–Trinajstić information content (AvgIpc) is 2.74. The second-order valence-electron chi connectivity index (χ2n) is 6.77. The van der Waals surface area contributed by atoms with E-state index >= 15 is 0 Å². The fraction of sp³-hybridized carbons (Fsp3) is 0.400. The van der Waals surface area contributed by atoms with Gasteiger partial charge in [-0.25, -0.2) is 8.42 Å². The van der Waals surface area contributed by atoms with Crippen LogP contribution < -0.4 is 4.31 Å². The standard InChI is InChI=1S/C20H25N3O5S/c1-2-17-8-9-19(23(24)25)16-20(17)29(26,27)22(18-6-4-3-5-7-18)11-10-21-12-14-28-15-13-21/h3-9,16H,2,10-15H2,1H3. The van der Waals surface area contributed by atoms with Crippen LogP contribution in [0.2, 0.25) is 0 Å². The molecule has 0 N–H and O–H groups in total. The lowest BCUT2D eigenvalue weighted by Gasteiger charge is -2.31. The highest BCUT2D eigenvalue weighted by Gasteiger charge is 2.29. The molecule has 0 atom stereocenters. The van der Waals surface area contributed by atoms with Gasteiger partial charge in [0, 0.05) is 38.3 Å². The molecule has 1 fully saturated rings. The number of nitrogens with zero attached hydrogens (tertiary/aromatic N) is 3. The minimum absolute atomic E-state index is 0.0139. The molecule has 156 valence electrons. The third-order valence-electron chi connectivity index (χ3n) is 4.98. The Labute approximate surface area is 170 Å². The number of hydrogen-bond donors (Lipinski definition) is 0. The van der Waals surface area contributed by atoms with Crippen LogP contribution in [0, 0.1) is 10.1 Å². The van der Waals surface area contributed by atoms with E-state index in [1.54, 1.807) is 24.3 Å². The molecule has 1 aliphatic rings. The molecular weight excluding hydrogens is 394 g/mol. The number of anilines is 1. The topological polar surface area (TPSA) is 93.0 Å². The van der Waals surface area contributed by atoms with Gasteiger partial charge in [0.1, 0.15) is 0 Å². The summed E-state index contributed by atoms with van der Waals surface area (Å²) < 4.78 is 33.9. The van der Waals surface area contributed by atoms with Gasteiger partial charge in [-0.15, -0.1) is 0 Å². The minimum Gasteiger partial charge on any atom is -0.379 e. The summed E-state index contributed by atoms with van der Waals surface area (Å²) in [5.74, 6) is 0. The quantitative estimate of drug-likeness (QED) is 0.482. The average molecular weight is 420 g/mol. The van der Waals surface area contributed by atoms with Gasteiger partial charge in [0.05, 0.1) is 28.7 Å². The van der Waals surface area contributed by atoms with E-state index in [9.17, 15) is 18.5 Å². The van der Waals surface area contributed by atoms with Gasteiger partial charge in [0.25, 0.3) is 15.7 Å². The van der Waals surface area contributed by atoms with Crippen molar-refractivity contribution in [3.05, 3.63) is 64.2 Å². The number of ether oxygens (including phenoxy) is 1. The first-order valence-corrected chi connectivity index (χ1v) is 11.0. The third kappa shape index (κ3) is 4.92. The number of morpholine rings is 1. The van der Waals surface area contributed by atoms with Crippen LogP contribution in [0.25, 0.3) is 0 Å². The molecule has 0 amide bonds. The summed E-state index contributed by atoms with van der Waals surface area (Å²) in [4.78, 5) is 12.8. The number of nitro groups is 1. The van der Waals surface area contributed by atoms with Crippen molar-refractivity contribution >= 4 is 21.4 Å². The fourth-order valence-corrected chi connectivity index (χ4v) is 5.12. The molecule has 2 aromatic rings.